The van der Waals surface area contributed by atoms with E-state index in [0.29, 0.717) is 13.0 Å². The molecule has 0 fully saturated rings. The molecule has 0 bridgehead atoms. The SMILES string of the molecule is Cc1cc(C)c(C)c(OCC(O)Cn2c(Cc3ccc(F)cc3)nc3ccccc32)c1. The number of ether oxygens (including phenoxy) is 1. The highest BCUT2D eigenvalue weighted by Crippen LogP contribution is 2.24. The number of aliphatic hydroxyl groups is 1. The zero-order valence-corrected chi connectivity index (χ0v) is 18.1. The summed E-state index contributed by atoms with van der Waals surface area (Å²) in [4.78, 5) is 4.76. The molecule has 31 heavy (non-hydrogen) atoms. The number of hydrogen-bond acceptors (Lipinski definition) is 3. The molecule has 0 saturated heterocycles. The number of aliphatic hydroxyl groups excluding tert-OH is 1. The molecule has 1 heterocycles. The molecule has 0 saturated carbocycles. The van der Waals surface area contributed by atoms with Gasteiger partial charge in [-0.05, 0) is 73.4 Å². The zero-order valence-electron chi connectivity index (χ0n) is 18.1. The third-order valence-electron chi connectivity index (χ3n) is 5.60. The van der Waals surface area contributed by atoms with Crippen LogP contribution in [0, 0.1) is 26.6 Å². The molecule has 1 atom stereocenters. The maximum atomic E-state index is 13.3. The van der Waals surface area contributed by atoms with Gasteiger partial charge in [-0.15, -0.1) is 0 Å². The van der Waals surface area contributed by atoms with Crippen LogP contribution in [0.4, 0.5) is 4.39 Å². The van der Waals surface area contributed by atoms with E-state index in [1.54, 1.807) is 12.1 Å². The van der Waals surface area contributed by atoms with Crippen LogP contribution in [0.3, 0.4) is 0 Å². The van der Waals surface area contributed by atoms with Crippen molar-refractivity contribution in [3.8, 4) is 5.75 Å². The summed E-state index contributed by atoms with van der Waals surface area (Å²) in [5.41, 5.74) is 6.19. The molecule has 1 N–H and O–H groups in total. The Labute approximate surface area is 181 Å². The second-order valence-electron chi connectivity index (χ2n) is 8.10. The van der Waals surface area contributed by atoms with Crippen molar-refractivity contribution in [2.24, 2.45) is 0 Å². The maximum Gasteiger partial charge on any atom is 0.123 e. The lowest BCUT2D eigenvalue weighted by Crippen LogP contribution is -2.25. The molecule has 0 aliphatic rings. The molecule has 3 aromatic carbocycles. The van der Waals surface area contributed by atoms with Crippen LogP contribution in [0.25, 0.3) is 11.0 Å². The summed E-state index contributed by atoms with van der Waals surface area (Å²) in [5.74, 6) is 1.37. The number of benzene rings is 3. The summed E-state index contributed by atoms with van der Waals surface area (Å²) in [5, 5.41) is 10.8. The first kappa shape index (κ1) is 21.1. The number of imidazole rings is 1. The van der Waals surface area contributed by atoms with Crippen LogP contribution in [-0.2, 0) is 13.0 Å². The van der Waals surface area contributed by atoms with Gasteiger partial charge in [0.2, 0.25) is 0 Å². The van der Waals surface area contributed by atoms with Crippen molar-refractivity contribution < 1.29 is 14.2 Å². The van der Waals surface area contributed by atoms with Gasteiger partial charge >= 0.3 is 0 Å². The minimum atomic E-state index is -0.704. The van der Waals surface area contributed by atoms with Crippen molar-refractivity contribution in [2.75, 3.05) is 6.61 Å². The van der Waals surface area contributed by atoms with Gasteiger partial charge < -0.3 is 14.4 Å². The van der Waals surface area contributed by atoms with Gasteiger partial charge in [0.15, 0.2) is 0 Å². The van der Waals surface area contributed by atoms with Crippen molar-refractivity contribution >= 4 is 11.0 Å². The molecule has 1 unspecified atom stereocenters. The number of fused-ring (bicyclic) bond motifs is 1. The van der Waals surface area contributed by atoms with Crippen molar-refractivity contribution in [3.63, 3.8) is 0 Å². The van der Waals surface area contributed by atoms with E-state index in [4.69, 9.17) is 9.72 Å². The first-order valence-corrected chi connectivity index (χ1v) is 10.5. The fraction of sp³-hybridized carbons (Fsp3) is 0.269. The van der Waals surface area contributed by atoms with Gasteiger partial charge in [0.1, 0.15) is 30.1 Å². The molecule has 0 amide bonds. The Bertz CT molecular complexity index is 1200. The molecule has 0 aliphatic carbocycles. The Morgan fingerprint density at radius 3 is 2.55 bits per heavy atom. The molecule has 1 aromatic heterocycles. The molecule has 0 radical (unpaired) electrons. The Balaban J connectivity index is 1.55. The molecule has 160 valence electrons. The van der Waals surface area contributed by atoms with E-state index >= 15 is 0 Å². The van der Waals surface area contributed by atoms with Crippen LogP contribution >= 0.6 is 0 Å². The first-order valence-electron chi connectivity index (χ1n) is 10.5. The number of rotatable bonds is 7. The fourth-order valence-corrected chi connectivity index (χ4v) is 3.85. The topological polar surface area (TPSA) is 47.3 Å². The van der Waals surface area contributed by atoms with Crippen LogP contribution in [-0.4, -0.2) is 27.4 Å². The van der Waals surface area contributed by atoms with Crippen LogP contribution < -0.4 is 4.74 Å². The van der Waals surface area contributed by atoms with Gasteiger partial charge in [0, 0.05) is 6.42 Å². The summed E-state index contributed by atoms with van der Waals surface area (Å²) >= 11 is 0. The van der Waals surface area contributed by atoms with Crippen molar-refractivity contribution in [1.82, 2.24) is 9.55 Å². The predicted molar refractivity (Wildman–Crippen MR) is 121 cm³/mol. The van der Waals surface area contributed by atoms with Gasteiger partial charge in [0.25, 0.3) is 0 Å². The molecule has 4 aromatic rings. The van der Waals surface area contributed by atoms with Crippen LogP contribution in [0.2, 0.25) is 0 Å². The maximum absolute atomic E-state index is 13.3. The summed E-state index contributed by atoms with van der Waals surface area (Å²) in [7, 11) is 0. The Morgan fingerprint density at radius 1 is 1.03 bits per heavy atom. The molecule has 0 aliphatic heterocycles. The van der Waals surface area contributed by atoms with Crippen molar-refractivity contribution in [3.05, 3.63) is 94.6 Å². The number of halogens is 1. The monoisotopic (exact) mass is 418 g/mol. The van der Waals surface area contributed by atoms with E-state index in [2.05, 4.69) is 13.0 Å². The summed E-state index contributed by atoms with van der Waals surface area (Å²) in [6, 6.07) is 18.4. The van der Waals surface area contributed by atoms with Crippen LogP contribution in [0.5, 0.6) is 5.75 Å². The van der Waals surface area contributed by atoms with Crippen LogP contribution in [0.1, 0.15) is 28.1 Å². The highest BCUT2D eigenvalue weighted by molar-refractivity contribution is 5.76. The number of hydrogen-bond donors (Lipinski definition) is 1. The average molecular weight is 419 g/mol. The van der Waals surface area contributed by atoms with Gasteiger partial charge in [-0.25, -0.2) is 9.37 Å². The zero-order chi connectivity index (χ0) is 22.0. The number of nitrogens with zero attached hydrogens (tertiary/aromatic N) is 2. The Hall–Kier alpha value is -3.18. The quantitative estimate of drug-likeness (QED) is 0.453. The van der Waals surface area contributed by atoms with E-state index < -0.39 is 6.10 Å². The summed E-state index contributed by atoms with van der Waals surface area (Å²) in [6.45, 7) is 6.67. The molecule has 4 rings (SSSR count). The second kappa shape index (κ2) is 8.90. The average Bonchev–Trinajstić information content (AvgIpc) is 3.08. The molecule has 5 heteroatoms. The predicted octanol–water partition coefficient (Wildman–Crippen LogP) is 5.13. The van der Waals surface area contributed by atoms with E-state index in [0.717, 1.165) is 39.3 Å². The van der Waals surface area contributed by atoms with Gasteiger partial charge in [-0.3, -0.25) is 0 Å². The van der Waals surface area contributed by atoms with E-state index in [-0.39, 0.29) is 12.4 Å². The number of aromatic nitrogens is 2. The normalized spacial score (nSPS) is 12.3. The summed E-state index contributed by atoms with van der Waals surface area (Å²) < 4.78 is 21.3. The number of aryl methyl sites for hydroxylation is 2. The van der Waals surface area contributed by atoms with E-state index in [9.17, 15) is 9.50 Å². The highest BCUT2D eigenvalue weighted by atomic mass is 19.1. The minimum absolute atomic E-state index is 0.187. The minimum Gasteiger partial charge on any atom is -0.491 e. The molecule has 0 spiro atoms. The lowest BCUT2D eigenvalue weighted by atomic mass is 10.1. The standard InChI is InChI=1S/C26H27FN2O2/c1-17-12-18(2)19(3)25(13-17)31-16-22(30)15-29-24-7-5-4-6-23(24)28-26(29)14-20-8-10-21(27)11-9-20/h4-13,22,30H,14-16H2,1-3H3. The molecular weight excluding hydrogens is 391 g/mol. The third-order valence-corrected chi connectivity index (χ3v) is 5.60. The second-order valence-corrected chi connectivity index (χ2v) is 8.10. The van der Waals surface area contributed by atoms with Crippen LogP contribution in [0.15, 0.2) is 60.7 Å². The smallest absolute Gasteiger partial charge is 0.123 e. The van der Waals surface area contributed by atoms with E-state index in [1.807, 2.05) is 48.7 Å². The lowest BCUT2D eigenvalue weighted by molar-refractivity contribution is 0.0924. The van der Waals surface area contributed by atoms with E-state index in [1.165, 1.54) is 17.7 Å². The van der Waals surface area contributed by atoms with Gasteiger partial charge in [0.05, 0.1) is 17.6 Å². The number of para-hydroxylation sites is 2. The van der Waals surface area contributed by atoms with Crippen molar-refractivity contribution in [2.45, 2.75) is 39.8 Å². The largest absolute Gasteiger partial charge is 0.491 e. The van der Waals surface area contributed by atoms with Gasteiger partial charge in [-0.1, -0.05) is 30.3 Å². The highest BCUT2D eigenvalue weighted by Gasteiger charge is 2.16. The molecular formula is C26H27FN2O2. The first-order chi connectivity index (χ1) is 14.9. The molecule has 4 nitrogen and oxygen atoms in total. The lowest BCUT2D eigenvalue weighted by Gasteiger charge is -2.18. The fourth-order valence-electron chi connectivity index (χ4n) is 3.85. The Morgan fingerprint density at radius 2 is 1.77 bits per heavy atom. The Kier molecular flexibility index (Phi) is 6.05. The van der Waals surface area contributed by atoms with Gasteiger partial charge in [-0.2, -0.15) is 0 Å². The van der Waals surface area contributed by atoms with Crippen molar-refractivity contribution in [1.29, 1.82) is 0 Å². The summed E-state index contributed by atoms with van der Waals surface area (Å²) in [6.07, 6.45) is -0.150. The third kappa shape index (κ3) is 4.78.